The number of thioether (sulfide) groups is 1. The molecule has 0 aliphatic carbocycles. The number of hydrogen-bond acceptors (Lipinski definition) is 7. The van der Waals surface area contributed by atoms with E-state index in [1.807, 2.05) is 6.26 Å². The molecule has 0 saturated carbocycles. The SMILES string of the molecule is CSc1nc2cc(C(=O)N3CCCN3C(=O)c3ccccc3S(C)(=O)=O)ccc2c(=O)n1C. The summed E-state index contributed by atoms with van der Waals surface area (Å²) in [7, 11) is -1.99. The highest BCUT2D eigenvalue weighted by atomic mass is 32.2. The van der Waals surface area contributed by atoms with Gasteiger partial charge in [0.15, 0.2) is 15.0 Å². The summed E-state index contributed by atoms with van der Waals surface area (Å²) >= 11 is 1.32. The topological polar surface area (TPSA) is 110 Å². The molecule has 0 N–H and O–H groups in total. The fourth-order valence-electron chi connectivity index (χ4n) is 3.85. The van der Waals surface area contributed by atoms with Crippen LogP contribution in [0.3, 0.4) is 0 Å². The second kappa shape index (κ2) is 8.64. The molecule has 0 spiro atoms. The third kappa shape index (κ3) is 4.13. The third-order valence-corrected chi connectivity index (χ3v) is 7.37. The summed E-state index contributed by atoms with van der Waals surface area (Å²) in [5, 5.41) is 3.51. The molecule has 2 amide bonds. The minimum atomic E-state index is -3.63. The highest BCUT2D eigenvalue weighted by Gasteiger charge is 2.34. The zero-order valence-corrected chi connectivity index (χ0v) is 19.9. The van der Waals surface area contributed by atoms with E-state index in [2.05, 4.69) is 4.98 Å². The number of benzene rings is 2. The van der Waals surface area contributed by atoms with E-state index in [4.69, 9.17) is 0 Å². The first-order valence-corrected chi connectivity index (χ1v) is 13.2. The number of hydrazine groups is 1. The maximum atomic E-state index is 13.3. The van der Waals surface area contributed by atoms with Gasteiger partial charge in [-0.05, 0) is 43.0 Å². The zero-order chi connectivity index (χ0) is 23.9. The normalized spacial score (nSPS) is 14.2. The predicted molar refractivity (Wildman–Crippen MR) is 125 cm³/mol. The lowest BCUT2D eigenvalue weighted by Crippen LogP contribution is -2.45. The van der Waals surface area contributed by atoms with Gasteiger partial charge in [-0.2, -0.15) is 0 Å². The Morgan fingerprint density at radius 1 is 1.03 bits per heavy atom. The Morgan fingerprint density at radius 2 is 1.70 bits per heavy atom. The molecular formula is C22H22N4O5S2. The Morgan fingerprint density at radius 3 is 2.36 bits per heavy atom. The number of fused-ring (bicyclic) bond motifs is 1. The van der Waals surface area contributed by atoms with E-state index in [-0.39, 0.29) is 28.1 Å². The molecular weight excluding hydrogens is 464 g/mol. The summed E-state index contributed by atoms with van der Waals surface area (Å²) in [6.45, 7) is 0.593. The van der Waals surface area contributed by atoms with Crippen molar-refractivity contribution in [2.75, 3.05) is 25.6 Å². The first kappa shape index (κ1) is 23.0. The Bertz CT molecular complexity index is 1450. The second-order valence-electron chi connectivity index (χ2n) is 7.67. The number of sulfone groups is 1. The molecule has 0 unspecified atom stereocenters. The van der Waals surface area contributed by atoms with Crippen LogP contribution in [-0.2, 0) is 16.9 Å². The van der Waals surface area contributed by atoms with E-state index in [0.29, 0.717) is 29.0 Å². The maximum absolute atomic E-state index is 13.3. The van der Waals surface area contributed by atoms with Crippen LogP contribution in [0.4, 0.5) is 0 Å². The lowest BCUT2D eigenvalue weighted by atomic mass is 10.1. The lowest BCUT2D eigenvalue weighted by molar-refractivity contribution is 0.0184. The van der Waals surface area contributed by atoms with Crippen LogP contribution in [0.5, 0.6) is 0 Å². The van der Waals surface area contributed by atoms with Gasteiger partial charge in [-0.25, -0.2) is 23.4 Å². The summed E-state index contributed by atoms with van der Waals surface area (Å²) in [6, 6.07) is 10.6. The lowest BCUT2D eigenvalue weighted by Gasteiger charge is -2.28. The Hall–Kier alpha value is -3.18. The van der Waals surface area contributed by atoms with Crippen molar-refractivity contribution in [2.24, 2.45) is 7.05 Å². The van der Waals surface area contributed by atoms with Gasteiger partial charge in [0.05, 0.1) is 21.4 Å². The van der Waals surface area contributed by atoms with Gasteiger partial charge in [0, 0.05) is 32.0 Å². The van der Waals surface area contributed by atoms with E-state index in [9.17, 15) is 22.8 Å². The average Bonchev–Trinajstić information content (AvgIpc) is 3.29. The van der Waals surface area contributed by atoms with Crippen molar-refractivity contribution >= 4 is 44.3 Å². The number of rotatable bonds is 4. The first-order valence-electron chi connectivity index (χ1n) is 10.1. The highest BCUT2D eigenvalue weighted by Crippen LogP contribution is 2.23. The van der Waals surface area contributed by atoms with Crippen LogP contribution in [0.25, 0.3) is 10.9 Å². The van der Waals surface area contributed by atoms with Crippen molar-refractivity contribution in [3.8, 4) is 0 Å². The van der Waals surface area contributed by atoms with Crippen molar-refractivity contribution < 1.29 is 18.0 Å². The molecule has 11 heteroatoms. The molecule has 33 heavy (non-hydrogen) atoms. The number of carbonyl (C=O) groups is 2. The molecule has 0 radical (unpaired) electrons. The van der Waals surface area contributed by atoms with Gasteiger partial charge in [0.2, 0.25) is 0 Å². The van der Waals surface area contributed by atoms with Crippen LogP contribution in [-0.4, -0.2) is 65.4 Å². The van der Waals surface area contributed by atoms with Crippen LogP contribution in [0.15, 0.2) is 57.3 Å². The fourth-order valence-corrected chi connectivity index (χ4v) is 5.28. The Kier molecular flexibility index (Phi) is 6.02. The van der Waals surface area contributed by atoms with Crippen LogP contribution in [0.2, 0.25) is 0 Å². The Balaban J connectivity index is 1.70. The molecule has 0 bridgehead atoms. The van der Waals surface area contributed by atoms with Crippen molar-refractivity contribution in [3.05, 3.63) is 63.9 Å². The number of carbonyl (C=O) groups excluding carboxylic acids is 2. The molecule has 1 aliphatic rings. The standard InChI is InChI=1S/C22H22N4O5S2/c1-24-20(28)15-10-9-14(13-17(15)23-22(24)32-2)19(27)25-11-6-12-26(25)21(29)16-7-4-5-8-18(16)33(3,30)31/h4-5,7-10,13H,6,11-12H2,1-3H3. The smallest absolute Gasteiger partial charge is 0.273 e. The van der Waals surface area contributed by atoms with Gasteiger partial charge in [-0.3, -0.25) is 19.0 Å². The van der Waals surface area contributed by atoms with Gasteiger partial charge in [0.25, 0.3) is 17.4 Å². The number of aromatic nitrogens is 2. The molecule has 3 aromatic rings. The van der Waals surface area contributed by atoms with E-state index in [1.165, 1.54) is 44.5 Å². The van der Waals surface area contributed by atoms with E-state index in [1.54, 1.807) is 31.3 Å². The molecule has 1 aliphatic heterocycles. The summed E-state index contributed by atoms with van der Waals surface area (Å²) < 4.78 is 25.8. The quantitative estimate of drug-likeness (QED) is 0.410. The maximum Gasteiger partial charge on any atom is 0.273 e. The number of amides is 2. The van der Waals surface area contributed by atoms with Gasteiger partial charge >= 0.3 is 0 Å². The summed E-state index contributed by atoms with van der Waals surface area (Å²) in [5.74, 6) is -0.980. The van der Waals surface area contributed by atoms with Crippen molar-refractivity contribution in [1.82, 2.24) is 19.6 Å². The second-order valence-corrected chi connectivity index (χ2v) is 10.4. The van der Waals surface area contributed by atoms with Crippen LogP contribution in [0.1, 0.15) is 27.1 Å². The summed E-state index contributed by atoms with van der Waals surface area (Å²) in [6.07, 6.45) is 3.41. The van der Waals surface area contributed by atoms with Gasteiger partial charge in [-0.1, -0.05) is 23.9 Å². The molecule has 172 valence electrons. The molecule has 1 fully saturated rings. The summed E-state index contributed by atoms with van der Waals surface area (Å²) in [5.41, 5.74) is 0.492. The zero-order valence-electron chi connectivity index (χ0n) is 18.3. The average molecular weight is 487 g/mol. The Labute approximate surface area is 194 Å². The fraction of sp³-hybridized carbons (Fsp3) is 0.273. The predicted octanol–water partition coefficient (Wildman–Crippen LogP) is 1.96. The van der Waals surface area contributed by atoms with Gasteiger partial charge in [0.1, 0.15) is 0 Å². The minimum Gasteiger partial charge on any atom is -0.290 e. The van der Waals surface area contributed by atoms with Gasteiger partial charge < -0.3 is 0 Å². The largest absolute Gasteiger partial charge is 0.290 e. The molecule has 1 saturated heterocycles. The van der Waals surface area contributed by atoms with E-state index in [0.717, 1.165) is 6.26 Å². The van der Waals surface area contributed by atoms with Crippen molar-refractivity contribution in [1.29, 1.82) is 0 Å². The first-order chi connectivity index (χ1) is 15.6. The van der Waals surface area contributed by atoms with Crippen LogP contribution >= 0.6 is 11.8 Å². The molecule has 2 aromatic carbocycles. The minimum absolute atomic E-state index is 0.0213. The number of nitrogens with zero attached hydrogens (tertiary/aromatic N) is 4. The third-order valence-electron chi connectivity index (χ3n) is 5.48. The van der Waals surface area contributed by atoms with Crippen LogP contribution in [0, 0.1) is 0 Å². The summed E-state index contributed by atoms with van der Waals surface area (Å²) in [4.78, 5) is 43.5. The molecule has 0 atom stereocenters. The van der Waals surface area contributed by atoms with Crippen LogP contribution < -0.4 is 5.56 Å². The molecule has 1 aromatic heterocycles. The molecule has 4 rings (SSSR count). The highest BCUT2D eigenvalue weighted by molar-refractivity contribution is 7.98. The molecule has 9 nitrogen and oxygen atoms in total. The monoisotopic (exact) mass is 486 g/mol. The van der Waals surface area contributed by atoms with E-state index < -0.39 is 21.7 Å². The van der Waals surface area contributed by atoms with Gasteiger partial charge in [-0.15, -0.1) is 0 Å². The van der Waals surface area contributed by atoms with Crippen molar-refractivity contribution in [3.63, 3.8) is 0 Å². The number of hydrogen-bond donors (Lipinski definition) is 0. The van der Waals surface area contributed by atoms with E-state index >= 15 is 0 Å². The molecule has 2 heterocycles. The van der Waals surface area contributed by atoms with Crippen molar-refractivity contribution in [2.45, 2.75) is 16.5 Å².